The second kappa shape index (κ2) is 9.45. The standard InChI is InChI=1S/C27H40N6O2/c1-20-15-24(21-3-4-21)33(31-20)23-16-25(30-28-17-23)29-22-5-7-26(2,8-6-22)18-32-11-9-27(10-12-32)19-34-13-14-35-27/h15-17,21-22H,3-14,18-19H2,1-2H3,(H,29,30). The fourth-order valence-corrected chi connectivity index (χ4v) is 6.33. The molecule has 4 heterocycles. The molecule has 35 heavy (non-hydrogen) atoms. The van der Waals surface area contributed by atoms with Gasteiger partial charge in [-0.2, -0.15) is 10.2 Å². The summed E-state index contributed by atoms with van der Waals surface area (Å²) in [4.78, 5) is 2.66. The number of hydrogen-bond donors (Lipinski definition) is 1. The first kappa shape index (κ1) is 23.4. The average molecular weight is 481 g/mol. The van der Waals surface area contributed by atoms with Crippen molar-refractivity contribution in [2.24, 2.45) is 5.41 Å². The predicted molar refractivity (Wildman–Crippen MR) is 135 cm³/mol. The van der Waals surface area contributed by atoms with Crippen LogP contribution in [0.4, 0.5) is 5.82 Å². The third kappa shape index (κ3) is 5.25. The predicted octanol–water partition coefficient (Wildman–Crippen LogP) is 4.09. The summed E-state index contributed by atoms with van der Waals surface area (Å²) in [5.74, 6) is 1.51. The summed E-state index contributed by atoms with van der Waals surface area (Å²) in [5, 5.41) is 17.1. The van der Waals surface area contributed by atoms with E-state index in [0.717, 1.165) is 63.0 Å². The number of nitrogens with one attached hydrogen (secondary N) is 1. The van der Waals surface area contributed by atoms with Crippen LogP contribution in [0, 0.1) is 12.3 Å². The summed E-state index contributed by atoms with van der Waals surface area (Å²) >= 11 is 0. The molecule has 1 N–H and O–H groups in total. The van der Waals surface area contributed by atoms with Crippen molar-refractivity contribution < 1.29 is 9.47 Å². The van der Waals surface area contributed by atoms with Gasteiger partial charge in [0.1, 0.15) is 0 Å². The Labute approximate surface area is 208 Å². The summed E-state index contributed by atoms with van der Waals surface area (Å²) in [6, 6.07) is 4.78. The Hall–Kier alpha value is -2.03. The van der Waals surface area contributed by atoms with Crippen molar-refractivity contribution in [3.63, 3.8) is 0 Å². The zero-order valence-corrected chi connectivity index (χ0v) is 21.3. The van der Waals surface area contributed by atoms with Gasteiger partial charge < -0.3 is 19.7 Å². The fraction of sp³-hybridized carbons (Fsp3) is 0.741. The summed E-state index contributed by atoms with van der Waals surface area (Å²) in [6.07, 6.45) is 11.4. The first-order valence-electron chi connectivity index (χ1n) is 13.6. The molecule has 0 aromatic carbocycles. The molecule has 2 aromatic heterocycles. The highest BCUT2D eigenvalue weighted by Gasteiger charge is 2.40. The van der Waals surface area contributed by atoms with Gasteiger partial charge >= 0.3 is 0 Å². The monoisotopic (exact) mass is 480 g/mol. The smallest absolute Gasteiger partial charge is 0.151 e. The molecule has 2 aliphatic carbocycles. The van der Waals surface area contributed by atoms with E-state index in [0.29, 0.717) is 17.4 Å². The Bertz CT molecular complexity index is 1010. The molecule has 2 saturated carbocycles. The summed E-state index contributed by atoms with van der Waals surface area (Å²) in [5.41, 5.74) is 3.75. The van der Waals surface area contributed by atoms with E-state index >= 15 is 0 Å². The van der Waals surface area contributed by atoms with E-state index in [1.54, 1.807) is 0 Å². The van der Waals surface area contributed by atoms with Crippen LogP contribution >= 0.6 is 0 Å². The molecule has 2 aliphatic heterocycles. The number of rotatable bonds is 6. The van der Waals surface area contributed by atoms with Crippen molar-refractivity contribution in [2.45, 2.75) is 82.8 Å². The molecule has 2 saturated heterocycles. The van der Waals surface area contributed by atoms with Crippen LogP contribution in [0.3, 0.4) is 0 Å². The van der Waals surface area contributed by atoms with Gasteiger partial charge in [0.15, 0.2) is 5.82 Å². The maximum atomic E-state index is 6.12. The van der Waals surface area contributed by atoms with Crippen LogP contribution in [-0.4, -0.2) is 76.0 Å². The van der Waals surface area contributed by atoms with Crippen molar-refractivity contribution in [2.75, 3.05) is 44.8 Å². The zero-order valence-electron chi connectivity index (χ0n) is 21.3. The van der Waals surface area contributed by atoms with Crippen LogP contribution in [0.25, 0.3) is 5.69 Å². The van der Waals surface area contributed by atoms with Crippen LogP contribution in [0.5, 0.6) is 0 Å². The lowest BCUT2D eigenvalue weighted by Crippen LogP contribution is -2.53. The average Bonchev–Trinajstić information content (AvgIpc) is 3.64. The largest absolute Gasteiger partial charge is 0.376 e. The molecule has 2 aromatic rings. The topological polar surface area (TPSA) is 77.3 Å². The van der Waals surface area contributed by atoms with Gasteiger partial charge in [-0.25, -0.2) is 4.68 Å². The quantitative estimate of drug-likeness (QED) is 0.667. The minimum atomic E-state index is -0.0128. The minimum absolute atomic E-state index is 0.0128. The van der Waals surface area contributed by atoms with Gasteiger partial charge in [0.05, 0.1) is 43.0 Å². The molecule has 0 bridgehead atoms. The normalized spacial score (nSPS) is 29.4. The van der Waals surface area contributed by atoms with Crippen LogP contribution in [0.15, 0.2) is 18.3 Å². The molecular formula is C27H40N6O2. The highest BCUT2D eigenvalue weighted by molar-refractivity contribution is 5.44. The van der Waals surface area contributed by atoms with E-state index in [4.69, 9.17) is 14.6 Å². The Balaban J connectivity index is 1.02. The van der Waals surface area contributed by atoms with E-state index in [9.17, 15) is 0 Å². The highest BCUT2D eigenvalue weighted by Crippen LogP contribution is 2.41. The lowest BCUT2D eigenvalue weighted by atomic mass is 9.73. The summed E-state index contributed by atoms with van der Waals surface area (Å²) in [6.45, 7) is 10.3. The first-order valence-corrected chi connectivity index (χ1v) is 13.6. The molecule has 6 rings (SSSR count). The Morgan fingerprint density at radius 2 is 1.86 bits per heavy atom. The molecule has 4 fully saturated rings. The molecule has 0 atom stereocenters. The zero-order chi connectivity index (χ0) is 23.9. The van der Waals surface area contributed by atoms with E-state index < -0.39 is 0 Å². The van der Waals surface area contributed by atoms with Crippen LogP contribution in [0.1, 0.15) is 75.6 Å². The SMILES string of the molecule is Cc1cc(C2CC2)n(-c2cnnc(NC3CCC(C)(CN4CCC5(CC4)COCCO5)CC3)c2)n1. The minimum Gasteiger partial charge on any atom is -0.376 e. The molecule has 0 amide bonds. The van der Waals surface area contributed by atoms with Crippen molar-refractivity contribution in [1.29, 1.82) is 0 Å². The van der Waals surface area contributed by atoms with E-state index in [1.165, 1.54) is 50.8 Å². The lowest BCUT2D eigenvalue weighted by Gasteiger charge is -2.47. The maximum absolute atomic E-state index is 6.12. The number of anilines is 1. The highest BCUT2D eigenvalue weighted by atomic mass is 16.6. The molecule has 190 valence electrons. The van der Waals surface area contributed by atoms with Gasteiger partial charge in [-0.05, 0) is 69.8 Å². The number of likely N-dealkylation sites (tertiary alicyclic amines) is 1. The molecule has 8 heteroatoms. The molecule has 4 aliphatic rings. The van der Waals surface area contributed by atoms with E-state index in [-0.39, 0.29) is 5.60 Å². The Kier molecular flexibility index (Phi) is 6.31. The first-order chi connectivity index (χ1) is 17.0. The third-order valence-corrected chi connectivity index (χ3v) is 8.66. The number of aromatic nitrogens is 4. The van der Waals surface area contributed by atoms with Crippen LogP contribution < -0.4 is 5.32 Å². The van der Waals surface area contributed by atoms with Gasteiger partial charge in [-0.1, -0.05) is 6.92 Å². The van der Waals surface area contributed by atoms with Gasteiger partial charge in [0.25, 0.3) is 0 Å². The maximum Gasteiger partial charge on any atom is 0.151 e. The van der Waals surface area contributed by atoms with Gasteiger partial charge in [0, 0.05) is 43.4 Å². The Morgan fingerprint density at radius 1 is 1.06 bits per heavy atom. The third-order valence-electron chi connectivity index (χ3n) is 8.66. The van der Waals surface area contributed by atoms with Gasteiger partial charge in [0.2, 0.25) is 0 Å². The number of hydrogen-bond acceptors (Lipinski definition) is 7. The van der Waals surface area contributed by atoms with Crippen LogP contribution in [0.2, 0.25) is 0 Å². The Morgan fingerprint density at radius 3 is 2.57 bits per heavy atom. The van der Waals surface area contributed by atoms with Crippen molar-refractivity contribution >= 4 is 5.82 Å². The van der Waals surface area contributed by atoms with E-state index in [2.05, 4.69) is 51.1 Å². The van der Waals surface area contributed by atoms with Crippen molar-refractivity contribution in [1.82, 2.24) is 24.9 Å². The second-order valence-electron chi connectivity index (χ2n) is 11.8. The van der Waals surface area contributed by atoms with Crippen LogP contribution in [-0.2, 0) is 9.47 Å². The number of piperidine rings is 1. The molecule has 0 radical (unpaired) electrons. The van der Waals surface area contributed by atoms with Gasteiger partial charge in [-0.15, -0.1) is 5.10 Å². The lowest BCUT2D eigenvalue weighted by molar-refractivity contribution is -0.178. The van der Waals surface area contributed by atoms with Crippen molar-refractivity contribution in [3.05, 3.63) is 29.7 Å². The van der Waals surface area contributed by atoms with Crippen molar-refractivity contribution in [3.8, 4) is 5.69 Å². The summed E-state index contributed by atoms with van der Waals surface area (Å²) < 4.78 is 13.9. The molecular weight excluding hydrogens is 440 g/mol. The number of ether oxygens (including phenoxy) is 2. The molecule has 1 spiro atoms. The molecule has 8 nitrogen and oxygen atoms in total. The molecule has 0 unspecified atom stereocenters. The van der Waals surface area contributed by atoms with Gasteiger partial charge in [-0.3, -0.25) is 0 Å². The second-order valence-corrected chi connectivity index (χ2v) is 11.8. The fourth-order valence-electron chi connectivity index (χ4n) is 6.33. The summed E-state index contributed by atoms with van der Waals surface area (Å²) in [7, 11) is 0. The number of nitrogens with zero attached hydrogens (tertiary/aromatic N) is 5. The number of aryl methyl sites for hydroxylation is 1. The van der Waals surface area contributed by atoms with E-state index in [1.807, 2.05) is 6.20 Å².